The van der Waals surface area contributed by atoms with Gasteiger partial charge in [-0.05, 0) is 0 Å². The van der Waals surface area contributed by atoms with Crippen molar-refractivity contribution >= 4 is 29.7 Å². The van der Waals surface area contributed by atoms with Gasteiger partial charge in [-0.15, -0.1) is 0 Å². The number of hydrogen-bond donors (Lipinski definition) is 3. The van der Waals surface area contributed by atoms with Crippen LogP contribution in [0.15, 0.2) is 11.3 Å². The molecule has 0 aliphatic carbocycles. The van der Waals surface area contributed by atoms with Gasteiger partial charge in [0, 0.05) is 20.8 Å². The molecule has 1 fully saturated rings. The van der Waals surface area contributed by atoms with Gasteiger partial charge in [0.15, 0.2) is 30.1 Å². The number of halogens is 1. The number of rotatable bonds is 5. The van der Waals surface area contributed by atoms with E-state index in [1.54, 1.807) is 0 Å². The molecule has 14 heteroatoms. The van der Waals surface area contributed by atoms with Crippen molar-refractivity contribution in [1.29, 1.82) is 0 Å². The zero-order chi connectivity index (χ0) is 22.2. The number of anilines is 1. The Kier molecular flexibility index (Phi) is 5.63. The van der Waals surface area contributed by atoms with Gasteiger partial charge in [-0.25, -0.2) is 4.98 Å². The zero-order valence-electron chi connectivity index (χ0n) is 16.2. The van der Waals surface area contributed by atoms with Crippen molar-refractivity contribution in [1.82, 2.24) is 9.55 Å². The highest BCUT2D eigenvalue weighted by Gasteiger charge is 2.52. The summed E-state index contributed by atoms with van der Waals surface area (Å²) in [5, 5.41) is 12.4. The van der Waals surface area contributed by atoms with E-state index >= 15 is 0 Å². The number of fused-ring (bicyclic) bond motifs is 1. The number of carbonyl (C=O) groups excluding carboxylic acids is 3. The number of guanidine groups is 1. The van der Waals surface area contributed by atoms with E-state index in [0.29, 0.717) is 0 Å². The summed E-state index contributed by atoms with van der Waals surface area (Å²) in [6, 6.07) is 0. The Morgan fingerprint density at radius 3 is 2.50 bits per heavy atom. The smallest absolute Gasteiger partial charge is 0.356 e. The van der Waals surface area contributed by atoms with Crippen molar-refractivity contribution in [3.05, 3.63) is 12.0 Å². The number of nitrogens with two attached hydrogens (primary N) is 1. The lowest BCUT2D eigenvalue weighted by Crippen LogP contribution is -2.41. The van der Waals surface area contributed by atoms with Gasteiger partial charge in [0.1, 0.15) is 18.5 Å². The molecule has 1 aromatic rings. The molecule has 1 aromatic heterocycles. The van der Waals surface area contributed by atoms with Gasteiger partial charge in [0.25, 0.3) is 0 Å². The van der Waals surface area contributed by atoms with Crippen molar-refractivity contribution in [2.24, 2.45) is 10.7 Å². The van der Waals surface area contributed by atoms with Crippen molar-refractivity contribution in [2.75, 3.05) is 11.9 Å². The maximum absolute atomic E-state index is 14.4. The molecule has 164 valence electrons. The SMILES string of the molecule is CC(=O)OC[C@H]1O[C@@H](n2cnc3c2NC(N)=NC3(O)F)[C@H](OC(C)=O)[C@@H]1OC(C)=O. The number of aliphatic imine (C=N–C) groups is 1. The Labute approximate surface area is 168 Å². The van der Waals surface area contributed by atoms with Crippen molar-refractivity contribution in [3.63, 3.8) is 0 Å². The van der Waals surface area contributed by atoms with Gasteiger partial charge in [0.2, 0.25) is 0 Å². The minimum Gasteiger partial charge on any atom is -0.463 e. The topological polar surface area (TPSA) is 177 Å². The van der Waals surface area contributed by atoms with Gasteiger partial charge in [0.05, 0.1) is 6.33 Å². The van der Waals surface area contributed by atoms with Crippen LogP contribution in [0.3, 0.4) is 0 Å². The number of hydrogen-bond acceptors (Lipinski definition) is 12. The fourth-order valence-electron chi connectivity index (χ4n) is 3.19. The van der Waals surface area contributed by atoms with E-state index in [1.165, 1.54) is 11.5 Å². The minimum atomic E-state index is -3.20. The molecule has 1 saturated heterocycles. The lowest BCUT2D eigenvalue weighted by atomic mass is 10.1. The third-order valence-corrected chi connectivity index (χ3v) is 4.22. The molecule has 0 amide bonds. The van der Waals surface area contributed by atoms with Crippen LogP contribution in [-0.4, -0.2) is 63.4 Å². The van der Waals surface area contributed by atoms with Gasteiger partial charge >= 0.3 is 23.9 Å². The Balaban J connectivity index is 2.00. The number of aromatic nitrogens is 2. The number of nitrogens with one attached hydrogen (secondary N) is 1. The van der Waals surface area contributed by atoms with Crippen LogP contribution in [0.2, 0.25) is 0 Å². The Bertz CT molecular complexity index is 900. The van der Waals surface area contributed by atoms with Crippen LogP contribution in [0, 0.1) is 0 Å². The maximum atomic E-state index is 14.4. The average molecular weight is 429 g/mol. The van der Waals surface area contributed by atoms with E-state index in [1.807, 2.05) is 0 Å². The lowest BCUT2D eigenvalue weighted by Gasteiger charge is -2.26. The van der Waals surface area contributed by atoms with E-state index in [4.69, 9.17) is 24.7 Å². The fourth-order valence-corrected chi connectivity index (χ4v) is 3.19. The highest BCUT2D eigenvalue weighted by Crippen LogP contribution is 2.40. The molecule has 0 aromatic carbocycles. The number of esters is 3. The highest BCUT2D eigenvalue weighted by molar-refractivity contribution is 5.94. The Morgan fingerprint density at radius 1 is 1.27 bits per heavy atom. The second kappa shape index (κ2) is 7.87. The van der Waals surface area contributed by atoms with Crippen LogP contribution in [0.5, 0.6) is 0 Å². The molecule has 5 atom stereocenters. The number of ether oxygens (including phenoxy) is 4. The molecule has 2 aliphatic heterocycles. The molecule has 2 aliphatic rings. The quantitative estimate of drug-likeness (QED) is 0.298. The Hall–Kier alpha value is -3.26. The van der Waals surface area contributed by atoms with Crippen LogP contribution >= 0.6 is 0 Å². The number of carbonyl (C=O) groups is 3. The summed E-state index contributed by atoms with van der Waals surface area (Å²) in [4.78, 5) is 41.5. The second-order valence-electron chi connectivity index (χ2n) is 6.57. The first-order chi connectivity index (χ1) is 14.0. The van der Waals surface area contributed by atoms with Crippen LogP contribution in [0.1, 0.15) is 32.7 Å². The van der Waals surface area contributed by atoms with Gasteiger partial charge in [-0.3, -0.25) is 19.0 Å². The van der Waals surface area contributed by atoms with Crippen LogP contribution in [-0.2, 0) is 39.3 Å². The number of aliphatic hydroxyl groups is 1. The lowest BCUT2D eigenvalue weighted by molar-refractivity contribution is -0.166. The van der Waals surface area contributed by atoms with Gasteiger partial charge < -0.3 is 35.1 Å². The molecule has 0 radical (unpaired) electrons. The van der Waals surface area contributed by atoms with Gasteiger partial charge in [-0.1, -0.05) is 0 Å². The average Bonchev–Trinajstić information content (AvgIpc) is 3.14. The van der Waals surface area contributed by atoms with Crippen LogP contribution < -0.4 is 11.1 Å². The van der Waals surface area contributed by atoms with E-state index in [0.717, 1.165) is 20.2 Å². The predicted octanol–water partition coefficient (Wildman–Crippen LogP) is -0.981. The predicted molar refractivity (Wildman–Crippen MR) is 94.1 cm³/mol. The maximum Gasteiger partial charge on any atom is 0.356 e. The largest absolute Gasteiger partial charge is 0.463 e. The number of nitrogens with zero attached hydrogens (tertiary/aromatic N) is 3. The summed E-state index contributed by atoms with van der Waals surface area (Å²) in [5.74, 6) is -5.79. The van der Waals surface area contributed by atoms with E-state index in [2.05, 4.69) is 15.3 Å². The molecule has 0 spiro atoms. The standard InChI is InChI=1S/C16H20FN5O8/c1-6(23)27-4-9-10(28-7(2)24)11(29-8(3)25)14(30-9)22-5-19-12-13(22)20-15(18)21-16(12,17)26/h5,9-11,14,26H,4H2,1-3H3,(H3,18,20,21)/t9-,10-,11-,14-,16?/m1/s1. The number of alkyl halides is 1. The molecule has 1 unspecified atom stereocenters. The van der Waals surface area contributed by atoms with E-state index in [-0.39, 0.29) is 12.4 Å². The van der Waals surface area contributed by atoms with E-state index in [9.17, 15) is 23.9 Å². The van der Waals surface area contributed by atoms with Gasteiger partial charge in [-0.2, -0.15) is 9.38 Å². The van der Waals surface area contributed by atoms with Crippen molar-refractivity contribution in [2.45, 2.75) is 51.3 Å². The third-order valence-electron chi connectivity index (χ3n) is 4.22. The molecule has 4 N–H and O–H groups in total. The van der Waals surface area contributed by atoms with Crippen LogP contribution in [0.25, 0.3) is 0 Å². The number of imidazole rings is 1. The minimum absolute atomic E-state index is 0.121. The molecule has 0 saturated carbocycles. The fraction of sp³-hybridized carbons (Fsp3) is 0.562. The second-order valence-corrected chi connectivity index (χ2v) is 6.57. The highest BCUT2D eigenvalue weighted by atomic mass is 19.2. The third kappa shape index (κ3) is 4.18. The Morgan fingerprint density at radius 2 is 1.90 bits per heavy atom. The first kappa shape index (κ1) is 21.4. The molecule has 0 bridgehead atoms. The summed E-state index contributed by atoms with van der Waals surface area (Å²) in [6.07, 6.45) is -3.52. The normalized spacial score (nSPS) is 30.0. The van der Waals surface area contributed by atoms with E-state index < -0.39 is 60.1 Å². The monoisotopic (exact) mass is 429 g/mol. The summed E-state index contributed by atoms with van der Waals surface area (Å²) in [5.41, 5.74) is 5.01. The molecular formula is C16H20FN5O8. The molecule has 13 nitrogen and oxygen atoms in total. The molecule has 30 heavy (non-hydrogen) atoms. The first-order valence-corrected chi connectivity index (χ1v) is 8.73. The summed E-state index contributed by atoms with van der Waals surface area (Å²) >= 11 is 0. The molecular weight excluding hydrogens is 409 g/mol. The zero-order valence-corrected chi connectivity index (χ0v) is 16.2. The summed E-state index contributed by atoms with van der Waals surface area (Å²) in [6.45, 7) is 3.13. The van der Waals surface area contributed by atoms with Crippen molar-refractivity contribution < 1.29 is 42.8 Å². The summed E-state index contributed by atoms with van der Waals surface area (Å²) in [7, 11) is 0. The summed E-state index contributed by atoms with van der Waals surface area (Å²) < 4.78 is 36.9. The molecule has 3 rings (SSSR count). The molecule has 3 heterocycles. The first-order valence-electron chi connectivity index (χ1n) is 8.73. The van der Waals surface area contributed by atoms with Crippen molar-refractivity contribution in [3.8, 4) is 0 Å². The van der Waals surface area contributed by atoms with Crippen LogP contribution in [0.4, 0.5) is 10.2 Å².